The Morgan fingerprint density at radius 2 is 1.70 bits per heavy atom. The zero-order chi connectivity index (χ0) is 28.2. The lowest BCUT2D eigenvalue weighted by molar-refractivity contribution is -0.370. The number of carbonyl (C=O) groups is 3. The van der Waals surface area contributed by atoms with E-state index in [2.05, 4.69) is 6.58 Å². The fraction of sp³-hybridized carbons (Fsp3) is 0.815. The lowest BCUT2D eigenvalue weighted by Crippen LogP contribution is -2.86. The molecule has 0 bridgehead atoms. The number of hydrogen-bond acceptors (Lipinski definition) is 10. The van der Waals surface area contributed by atoms with Crippen LogP contribution >= 0.6 is 12.4 Å². The van der Waals surface area contributed by atoms with Crippen LogP contribution in [0, 0.1) is 16.7 Å². The molecule has 13 heteroatoms. The van der Waals surface area contributed by atoms with Crippen LogP contribution in [0.4, 0.5) is 0 Å². The quantitative estimate of drug-likeness (QED) is 0.259. The maximum atomic E-state index is 13.8. The second-order valence-electron chi connectivity index (χ2n) is 12.5. The van der Waals surface area contributed by atoms with Crippen LogP contribution in [0.3, 0.4) is 0 Å². The van der Waals surface area contributed by atoms with Gasteiger partial charge in [-0.15, -0.1) is 19.0 Å². The number of esters is 2. The summed E-state index contributed by atoms with van der Waals surface area (Å²) in [4.78, 5) is 40.5. The molecule has 234 valence electrons. The average molecular weight is 598 g/mol. The number of halogens is 1. The summed E-state index contributed by atoms with van der Waals surface area (Å²) in [6.45, 7) is 11.9. The van der Waals surface area contributed by atoms with Crippen molar-refractivity contribution in [3.8, 4) is 0 Å². The summed E-state index contributed by atoms with van der Waals surface area (Å²) in [6.07, 6.45) is -1.91. The van der Waals surface area contributed by atoms with E-state index in [4.69, 9.17) is 14.2 Å². The predicted octanol–water partition coefficient (Wildman–Crippen LogP) is -0.233. The van der Waals surface area contributed by atoms with Gasteiger partial charge in [-0.3, -0.25) is 9.59 Å². The molecule has 7 N–H and O–H groups in total. The summed E-state index contributed by atoms with van der Waals surface area (Å²) < 4.78 is 17.1. The lowest BCUT2D eigenvalue weighted by Gasteiger charge is -2.71. The Balaban J connectivity index is 0.00000507. The highest BCUT2D eigenvalue weighted by atomic mass is 35.5. The standard InChI is InChI=1S/C27H43NO9.ClH.2H2O/c1-9-24(4)14-17(30)27(34)25(5)16(29)10-12-23(2,3)21(25)20(33)22(26(27,6)37-24)36-19(32)15-35-18(31)11-13-28(7)8;;;/h9,16,20-22,29,33-34H,1,10-15H2,2-8H3;1H;2*1H2/t16-,20-,21-,22-,24-,25-,26+,27-;;;/m0.../s1. The fourth-order valence-corrected chi connectivity index (χ4v) is 7.18. The molecule has 3 fully saturated rings. The first-order chi connectivity index (χ1) is 16.9. The van der Waals surface area contributed by atoms with Gasteiger partial charge in [0.25, 0.3) is 0 Å². The van der Waals surface area contributed by atoms with E-state index in [0.29, 0.717) is 19.4 Å². The van der Waals surface area contributed by atoms with E-state index < -0.39 is 76.2 Å². The van der Waals surface area contributed by atoms with Crippen molar-refractivity contribution in [2.75, 3.05) is 27.2 Å². The molecule has 8 atom stereocenters. The Hall–Kier alpha value is -1.64. The van der Waals surface area contributed by atoms with E-state index in [-0.39, 0.29) is 36.2 Å². The van der Waals surface area contributed by atoms with E-state index in [1.165, 1.54) is 13.0 Å². The van der Waals surface area contributed by atoms with Gasteiger partial charge in [-0.1, -0.05) is 26.8 Å². The Morgan fingerprint density at radius 1 is 1.12 bits per heavy atom. The number of hydrogen-bond donors (Lipinski definition) is 3. The summed E-state index contributed by atoms with van der Waals surface area (Å²) >= 11 is 0. The monoisotopic (exact) mass is 597 g/mol. The van der Waals surface area contributed by atoms with Crippen molar-refractivity contribution in [3.05, 3.63) is 12.7 Å². The molecule has 3 aliphatic rings. The van der Waals surface area contributed by atoms with Crippen molar-refractivity contribution in [2.24, 2.45) is 16.7 Å². The summed E-state index contributed by atoms with van der Waals surface area (Å²) in [5.41, 5.74) is -7.62. The molecule has 1 aliphatic heterocycles. The molecule has 0 unspecified atom stereocenters. The lowest BCUT2D eigenvalue weighted by atomic mass is 9.40. The summed E-state index contributed by atoms with van der Waals surface area (Å²) in [6, 6.07) is 0. The minimum absolute atomic E-state index is 0. The van der Waals surface area contributed by atoms with Crippen molar-refractivity contribution >= 4 is 30.1 Å². The highest BCUT2D eigenvalue weighted by Crippen LogP contribution is 2.67. The molecule has 2 aliphatic carbocycles. The Bertz CT molecular complexity index is 961. The van der Waals surface area contributed by atoms with Gasteiger partial charge in [-0.25, -0.2) is 4.79 Å². The highest BCUT2D eigenvalue weighted by Gasteiger charge is 2.81. The van der Waals surface area contributed by atoms with Crippen molar-refractivity contribution in [3.63, 3.8) is 0 Å². The van der Waals surface area contributed by atoms with Crippen LogP contribution in [0.2, 0.25) is 0 Å². The van der Waals surface area contributed by atoms with Gasteiger partial charge >= 0.3 is 11.9 Å². The first-order valence-electron chi connectivity index (χ1n) is 12.8. The van der Waals surface area contributed by atoms with Gasteiger partial charge in [0.05, 0.1) is 24.2 Å². The van der Waals surface area contributed by atoms with E-state index in [9.17, 15) is 29.7 Å². The van der Waals surface area contributed by atoms with E-state index >= 15 is 0 Å². The zero-order valence-electron chi connectivity index (χ0n) is 24.5. The average Bonchev–Trinajstić information content (AvgIpc) is 2.79. The number of aliphatic hydroxyl groups is 3. The number of aliphatic hydroxyl groups excluding tert-OH is 2. The van der Waals surface area contributed by atoms with Crippen molar-refractivity contribution in [1.29, 1.82) is 0 Å². The van der Waals surface area contributed by atoms with E-state index in [0.717, 1.165) is 0 Å². The maximum Gasteiger partial charge on any atom is 0.344 e. The van der Waals surface area contributed by atoms with Crippen LogP contribution in [-0.4, -0.2) is 111 Å². The smallest absolute Gasteiger partial charge is 0.344 e. The molecule has 0 aromatic heterocycles. The van der Waals surface area contributed by atoms with Crippen molar-refractivity contribution in [1.82, 2.24) is 4.90 Å². The van der Waals surface area contributed by atoms with Crippen LogP contribution in [0.25, 0.3) is 0 Å². The number of ether oxygens (including phenoxy) is 3. The molecule has 12 nitrogen and oxygen atoms in total. The number of carbonyl (C=O) groups excluding carboxylic acids is 3. The van der Waals surface area contributed by atoms with E-state index in [1.54, 1.807) is 32.8 Å². The molecular formula is C27H48ClNO11. The maximum absolute atomic E-state index is 13.8. The van der Waals surface area contributed by atoms with Gasteiger partial charge in [0.2, 0.25) is 0 Å². The number of ketones is 1. The van der Waals surface area contributed by atoms with Gasteiger partial charge in [0.15, 0.2) is 24.1 Å². The second-order valence-corrected chi connectivity index (χ2v) is 12.5. The zero-order valence-corrected chi connectivity index (χ0v) is 25.3. The number of nitrogens with zero attached hydrogens (tertiary/aromatic N) is 1. The minimum Gasteiger partial charge on any atom is -0.454 e. The Labute approximate surface area is 242 Å². The molecule has 40 heavy (non-hydrogen) atoms. The summed E-state index contributed by atoms with van der Waals surface area (Å²) in [5.74, 6) is -2.96. The van der Waals surface area contributed by atoms with Crippen LogP contribution in [0.1, 0.15) is 60.3 Å². The highest BCUT2D eigenvalue weighted by molar-refractivity contribution is 5.92. The third-order valence-corrected chi connectivity index (χ3v) is 9.10. The Kier molecular flexibility index (Phi) is 12.2. The molecule has 2 saturated carbocycles. The molecule has 3 rings (SSSR count). The molecule has 0 aromatic carbocycles. The first kappa shape index (κ1) is 38.4. The SMILES string of the molecule is C=C[C@@]1(C)CC(=O)[C@]2(O)[C@@]3(C)[C@@H](O)CCC(C)(C)[C@@H]3[C@H](O)[C@H](OC(=O)COC(=O)CCN(C)C)[C@@]2(C)O1.Cl.O.O. The molecule has 1 saturated heterocycles. The fourth-order valence-electron chi connectivity index (χ4n) is 7.18. The molecule has 0 spiro atoms. The predicted molar refractivity (Wildman–Crippen MR) is 148 cm³/mol. The van der Waals surface area contributed by atoms with Crippen LogP contribution in [0.5, 0.6) is 0 Å². The largest absolute Gasteiger partial charge is 0.454 e. The van der Waals surface area contributed by atoms with Gasteiger partial charge in [-0.2, -0.15) is 0 Å². The Morgan fingerprint density at radius 3 is 2.23 bits per heavy atom. The van der Waals surface area contributed by atoms with Crippen molar-refractivity contribution in [2.45, 2.75) is 95.4 Å². The van der Waals surface area contributed by atoms with Gasteiger partial charge < -0.3 is 45.4 Å². The number of rotatable bonds is 7. The third-order valence-electron chi connectivity index (χ3n) is 9.10. The summed E-state index contributed by atoms with van der Waals surface area (Å²) in [7, 11) is 3.60. The molecule has 0 aromatic rings. The molecule has 1 heterocycles. The molecule has 0 amide bonds. The van der Waals surface area contributed by atoms with Gasteiger partial charge in [0.1, 0.15) is 5.60 Å². The van der Waals surface area contributed by atoms with Crippen LogP contribution in [0.15, 0.2) is 12.7 Å². The minimum atomic E-state index is -2.31. The van der Waals surface area contributed by atoms with Crippen LogP contribution < -0.4 is 0 Å². The molecular weight excluding hydrogens is 550 g/mol. The topological polar surface area (TPSA) is 206 Å². The third kappa shape index (κ3) is 5.82. The van der Waals surface area contributed by atoms with Crippen molar-refractivity contribution < 1.29 is 54.9 Å². The van der Waals surface area contributed by atoms with E-state index in [1.807, 2.05) is 13.8 Å². The summed E-state index contributed by atoms with van der Waals surface area (Å²) in [5, 5.41) is 35.4. The van der Waals surface area contributed by atoms with Gasteiger partial charge in [-0.05, 0) is 46.2 Å². The number of fused-ring (bicyclic) bond motifs is 3. The van der Waals surface area contributed by atoms with Gasteiger partial charge in [0, 0.05) is 24.3 Å². The normalized spacial score (nSPS) is 39.7. The van der Waals surface area contributed by atoms with Crippen LogP contribution in [-0.2, 0) is 28.6 Å². The number of Topliss-reactive ketones (excluding diaryl/α,β-unsaturated/α-hetero) is 1. The second kappa shape index (κ2) is 12.7. The molecule has 0 radical (unpaired) electrons. The first-order valence-corrected chi connectivity index (χ1v) is 12.8.